The molecule has 2 rings (SSSR count). The van der Waals surface area contributed by atoms with Gasteiger partial charge in [-0.2, -0.15) is 18.2 Å². The molecule has 24 heavy (non-hydrogen) atoms. The first-order chi connectivity index (χ1) is 11.2. The number of alkyl halides is 3. The predicted molar refractivity (Wildman–Crippen MR) is 78.1 cm³/mol. The number of aliphatic hydroxyl groups is 1. The second kappa shape index (κ2) is 6.87. The molecular formula is C14H15F3N4O3. The summed E-state index contributed by atoms with van der Waals surface area (Å²) in [6.45, 7) is 1.46. The predicted octanol–water partition coefficient (Wildman–Crippen LogP) is 2.60. The maximum Gasteiger partial charge on any atom is 0.471 e. The number of hydrogen-bond donors (Lipinski definition) is 2. The summed E-state index contributed by atoms with van der Waals surface area (Å²) in [6, 6.07) is 5.13. The number of nitrogens with zero attached hydrogens (tertiary/aromatic N) is 3. The zero-order chi connectivity index (χ0) is 17.9. The first-order valence-corrected chi connectivity index (χ1v) is 6.88. The van der Waals surface area contributed by atoms with E-state index in [1.165, 1.54) is 30.1 Å². The Kier molecular flexibility index (Phi) is 5.07. The molecule has 1 aromatic carbocycles. The van der Waals surface area contributed by atoms with Crippen LogP contribution in [0.25, 0.3) is 11.4 Å². The van der Waals surface area contributed by atoms with E-state index in [0.717, 1.165) is 0 Å². The number of benzene rings is 1. The van der Waals surface area contributed by atoms with E-state index in [1.54, 1.807) is 13.0 Å². The molecule has 0 aliphatic carbocycles. The van der Waals surface area contributed by atoms with E-state index in [4.69, 9.17) is 5.11 Å². The molecular weight excluding hydrogens is 329 g/mol. The molecule has 0 unspecified atom stereocenters. The molecule has 2 amide bonds. The molecule has 1 atom stereocenters. The van der Waals surface area contributed by atoms with Gasteiger partial charge in [-0.3, -0.25) is 0 Å². The first kappa shape index (κ1) is 17.7. The van der Waals surface area contributed by atoms with Crippen molar-refractivity contribution < 1.29 is 27.6 Å². The monoisotopic (exact) mass is 344 g/mol. The number of aromatic nitrogens is 2. The summed E-state index contributed by atoms with van der Waals surface area (Å²) in [5.41, 5.74) is 0.595. The van der Waals surface area contributed by atoms with Crippen LogP contribution in [0.2, 0.25) is 0 Å². The van der Waals surface area contributed by atoms with Crippen LogP contribution in [0.4, 0.5) is 23.7 Å². The molecule has 130 valence electrons. The number of aliphatic hydroxyl groups excluding tert-OH is 1. The van der Waals surface area contributed by atoms with Crippen molar-refractivity contribution in [2.24, 2.45) is 0 Å². The molecule has 0 radical (unpaired) electrons. The molecule has 2 aromatic rings. The number of halogens is 3. The highest BCUT2D eigenvalue weighted by Crippen LogP contribution is 2.29. The molecule has 7 nitrogen and oxygen atoms in total. The maximum atomic E-state index is 12.5. The molecule has 0 aliphatic rings. The highest BCUT2D eigenvalue weighted by atomic mass is 19.4. The first-order valence-electron chi connectivity index (χ1n) is 6.88. The quantitative estimate of drug-likeness (QED) is 0.889. The summed E-state index contributed by atoms with van der Waals surface area (Å²) in [4.78, 5) is 16.6. The van der Waals surface area contributed by atoms with Crippen molar-refractivity contribution >= 4 is 11.7 Å². The molecule has 1 aromatic heterocycles. The summed E-state index contributed by atoms with van der Waals surface area (Å²) in [6.07, 6.45) is -4.72. The SMILES string of the molecule is C[C@H](CO)N(C)C(=O)Nc1cccc(-c2noc(C(F)(F)F)n2)c1. The normalized spacial score (nSPS) is 12.8. The van der Waals surface area contributed by atoms with Gasteiger partial charge in [0.2, 0.25) is 5.82 Å². The minimum Gasteiger partial charge on any atom is -0.394 e. The number of likely N-dealkylation sites (N-methyl/N-ethyl adjacent to an activating group) is 1. The smallest absolute Gasteiger partial charge is 0.394 e. The van der Waals surface area contributed by atoms with Crippen LogP contribution in [0.15, 0.2) is 28.8 Å². The van der Waals surface area contributed by atoms with E-state index >= 15 is 0 Å². The van der Waals surface area contributed by atoms with Gasteiger partial charge in [0, 0.05) is 18.3 Å². The molecule has 0 fully saturated rings. The highest BCUT2D eigenvalue weighted by Gasteiger charge is 2.38. The van der Waals surface area contributed by atoms with Crippen molar-refractivity contribution in [2.75, 3.05) is 19.0 Å². The Morgan fingerprint density at radius 2 is 2.17 bits per heavy atom. The Hall–Kier alpha value is -2.62. The van der Waals surface area contributed by atoms with Gasteiger partial charge in [0.15, 0.2) is 0 Å². The van der Waals surface area contributed by atoms with Crippen LogP contribution in [0.1, 0.15) is 12.8 Å². The minimum absolute atomic E-state index is 0.201. The second-order valence-electron chi connectivity index (χ2n) is 5.07. The molecule has 0 aliphatic heterocycles. The van der Waals surface area contributed by atoms with Crippen molar-refractivity contribution in [3.63, 3.8) is 0 Å². The van der Waals surface area contributed by atoms with Crippen molar-refractivity contribution in [2.45, 2.75) is 19.1 Å². The van der Waals surface area contributed by atoms with Gasteiger partial charge in [0.05, 0.1) is 12.6 Å². The zero-order valence-corrected chi connectivity index (χ0v) is 12.8. The van der Waals surface area contributed by atoms with Gasteiger partial charge in [-0.15, -0.1) is 0 Å². The third kappa shape index (κ3) is 4.02. The van der Waals surface area contributed by atoms with E-state index < -0.39 is 18.1 Å². The minimum atomic E-state index is -4.72. The summed E-state index contributed by atoms with van der Waals surface area (Å²) < 4.78 is 41.6. The fraction of sp³-hybridized carbons (Fsp3) is 0.357. The lowest BCUT2D eigenvalue weighted by Gasteiger charge is -2.23. The molecule has 1 heterocycles. The number of nitrogens with one attached hydrogen (secondary N) is 1. The summed E-state index contributed by atoms with van der Waals surface area (Å²) >= 11 is 0. The van der Waals surface area contributed by atoms with E-state index in [1.807, 2.05) is 0 Å². The van der Waals surface area contributed by atoms with Crippen molar-refractivity contribution in [1.82, 2.24) is 15.0 Å². The number of urea groups is 1. The van der Waals surface area contributed by atoms with Gasteiger partial charge < -0.3 is 19.8 Å². The number of hydrogen-bond acceptors (Lipinski definition) is 5. The highest BCUT2D eigenvalue weighted by molar-refractivity contribution is 5.90. The summed E-state index contributed by atoms with van der Waals surface area (Å²) in [7, 11) is 1.51. The lowest BCUT2D eigenvalue weighted by atomic mass is 10.2. The van der Waals surface area contributed by atoms with Crippen LogP contribution < -0.4 is 5.32 Å². The molecule has 0 spiro atoms. The number of rotatable bonds is 4. The number of anilines is 1. The van der Waals surface area contributed by atoms with Crippen LogP contribution in [-0.2, 0) is 6.18 Å². The average molecular weight is 344 g/mol. The zero-order valence-electron chi connectivity index (χ0n) is 12.8. The fourth-order valence-corrected chi connectivity index (χ4v) is 1.73. The Balaban J connectivity index is 2.17. The van der Waals surface area contributed by atoms with Crippen LogP contribution in [-0.4, -0.2) is 45.9 Å². The van der Waals surface area contributed by atoms with Gasteiger partial charge in [-0.1, -0.05) is 17.3 Å². The third-order valence-electron chi connectivity index (χ3n) is 3.29. The van der Waals surface area contributed by atoms with E-state index in [9.17, 15) is 18.0 Å². The molecule has 2 N–H and O–H groups in total. The van der Waals surface area contributed by atoms with Crippen molar-refractivity contribution in [1.29, 1.82) is 0 Å². The Morgan fingerprint density at radius 1 is 1.46 bits per heavy atom. The number of amides is 2. The van der Waals surface area contributed by atoms with Gasteiger partial charge >= 0.3 is 18.1 Å². The van der Waals surface area contributed by atoms with Crippen molar-refractivity contribution in [3.8, 4) is 11.4 Å². The Bertz CT molecular complexity index is 717. The average Bonchev–Trinajstić information content (AvgIpc) is 3.04. The molecule has 10 heteroatoms. The third-order valence-corrected chi connectivity index (χ3v) is 3.29. The Morgan fingerprint density at radius 3 is 2.75 bits per heavy atom. The van der Waals surface area contributed by atoms with Gasteiger partial charge in [0.1, 0.15) is 0 Å². The van der Waals surface area contributed by atoms with Gasteiger partial charge in [-0.05, 0) is 19.1 Å². The van der Waals surface area contributed by atoms with Crippen molar-refractivity contribution in [3.05, 3.63) is 30.2 Å². The van der Waals surface area contributed by atoms with Gasteiger partial charge in [0.25, 0.3) is 0 Å². The van der Waals surface area contributed by atoms with Crippen LogP contribution in [0.3, 0.4) is 0 Å². The molecule has 0 bridgehead atoms. The maximum absolute atomic E-state index is 12.5. The number of carbonyl (C=O) groups excluding carboxylic acids is 1. The fourth-order valence-electron chi connectivity index (χ4n) is 1.73. The molecule has 0 saturated carbocycles. The van der Waals surface area contributed by atoms with E-state index in [0.29, 0.717) is 5.69 Å². The standard InChI is InChI=1S/C14H15F3N4O3/c1-8(7-22)21(2)13(23)18-10-5-3-4-9(6-10)11-19-12(24-20-11)14(15,16)17/h3-6,8,22H,7H2,1-2H3,(H,18,23)/t8-/m1/s1. The largest absolute Gasteiger partial charge is 0.471 e. The topological polar surface area (TPSA) is 91.5 Å². The lowest BCUT2D eigenvalue weighted by molar-refractivity contribution is -0.159. The summed E-state index contributed by atoms with van der Waals surface area (Å²) in [5.74, 6) is -1.68. The lowest BCUT2D eigenvalue weighted by Crippen LogP contribution is -2.40. The number of carbonyl (C=O) groups is 1. The summed E-state index contributed by atoms with van der Waals surface area (Å²) in [5, 5.41) is 14.9. The molecule has 0 saturated heterocycles. The van der Waals surface area contributed by atoms with E-state index in [-0.39, 0.29) is 24.0 Å². The van der Waals surface area contributed by atoms with Gasteiger partial charge in [-0.25, -0.2) is 4.79 Å². The van der Waals surface area contributed by atoms with Crippen LogP contribution in [0.5, 0.6) is 0 Å². The van der Waals surface area contributed by atoms with E-state index in [2.05, 4.69) is 20.0 Å². The van der Waals surface area contributed by atoms with Crippen LogP contribution in [0, 0.1) is 0 Å². The Labute approximate surface area is 135 Å². The second-order valence-corrected chi connectivity index (χ2v) is 5.07. The van der Waals surface area contributed by atoms with Crippen LogP contribution >= 0.6 is 0 Å².